The average Bonchev–Trinajstić information content (AvgIpc) is 3.24. The fourth-order valence-electron chi connectivity index (χ4n) is 3.47. The summed E-state index contributed by atoms with van der Waals surface area (Å²) in [7, 11) is 0. The number of nitrogens with one attached hydrogen (secondary N) is 1. The molecule has 1 saturated carbocycles. The molecule has 116 valence electrons. The van der Waals surface area contributed by atoms with Crippen LogP contribution in [0.4, 0.5) is 0 Å². The minimum absolute atomic E-state index is 0.155. The zero-order valence-corrected chi connectivity index (χ0v) is 13.1. The largest absolute Gasteiger partial charge is 0.381 e. The Morgan fingerprint density at radius 3 is 2.60 bits per heavy atom. The van der Waals surface area contributed by atoms with Crippen LogP contribution in [0.25, 0.3) is 0 Å². The van der Waals surface area contributed by atoms with Crippen molar-refractivity contribution in [2.75, 3.05) is 46.1 Å². The molecule has 0 spiro atoms. The van der Waals surface area contributed by atoms with Gasteiger partial charge in [-0.25, -0.2) is 0 Å². The molecule has 3 aliphatic rings. The van der Waals surface area contributed by atoms with E-state index < -0.39 is 0 Å². The summed E-state index contributed by atoms with van der Waals surface area (Å²) in [5.41, 5.74) is 0.456. The Morgan fingerprint density at radius 1 is 1.15 bits per heavy atom. The molecule has 20 heavy (non-hydrogen) atoms. The second-order valence-electron chi connectivity index (χ2n) is 7.60. The molecule has 1 atom stereocenters. The second-order valence-corrected chi connectivity index (χ2v) is 7.60. The van der Waals surface area contributed by atoms with Crippen LogP contribution in [0.2, 0.25) is 0 Å². The van der Waals surface area contributed by atoms with E-state index in [-0.39, 0.29) is 5.54 Å². The molecule has 1 N–H and O–H groups in total. The first-order valence-corrected chi connectivity index (χ1v) is 8.24. The summed E-state index contributed by atoms with van der Waals surface area (Å²) in [4.78, 5) is 2.62. The van der Waals surface area contributed by atoms with Gasteiger partial charge in [-0.3, -0.25) is 4.90 Å². The lowest BCUT2D eigenvalue weighted by molar-refractivity contribution is -0.0926. The van der Waals surface area contributed by atoms with Crippen LogP contribution in [0.15, 0.2) is 0 Å². The van der Waals surface area contributed by atoms with Crippen molar-refractivity contribution in [2.24, 2.45) is 5.41 Å². The maximum absolute atomic E-state index is 5.85. The van der Waals surface area contributed by atoms with E-state index in [4.69, 9.17) is 9.47 Å². The molecule has 0 bridgehead atoms. The van der Waals surface area contributed by atoms with Crippen molar-refractivity contribution in [1.29, 1.82) is 0 Å². The molecule has 0 amide bonds. The van der Waals surface area contributed by atoms with E-state index in [1.165, 1.54) is 25.7 Å². The van der Waals surface area contributed by atoms with E-state index in [0.29, 0.717) is 5.41 Å². The smallest absolute Gasteiger partial charge is 0.0645 e. The highest BCUT2D eigenvalue weighted by molar-refractivity contribution is 4.95. The monoisotopic (exact) mass is 282 g/mol. The lowest BCUT2D eigenvalue weighted by Crippen LogP contribution is -2.59. The standard InChI is InChI=1S/C16H30N2O2/c1-15(2)12-20-9-7-18(15)11-16(6-3-8-19-13-16)10-17-14-4-5-14/h14,17H,3-13H2,1-2H3. The minimum Gasteiger partial charge on any atom is -0.381 e. The van der Waals surface area contributed by atoms with Crippen LogP contribution in [-0.4, -0.2) is 62.5 Å². The lowest BCUT2D eigenvalue weighted by Gasteiger charge is -2.48. The Bertz CT molecular complexity index is 322. The average molecular weight is 282 g/mol. The van der Waals surface area contributed by atoms with E-state index in [1.54, 1.807) is 0 Å². The molecule has 4 heteroatoms. The van der Waals surface area contributed by atoms with Gasteiger partial charge in [0.15, 0.2) is 0 Å². The second kappa shape index (κ2) is 5.91. The van der Waals surface area contributed by atoms with Gasteiger partial charge in [-0.05, 0) is 39.5 Å². The molecule has 2 aliphatic heterocycles. The first kappa shape index (κ1) is 14.8. The molecule has 1 unspecified atom stereocenters. The molecule has 2 saturated heterocycles. The molecule has 1 aliphatic carbocycles. The summed E-state index contributed by atoms with van der Waals surface area (Å²) in [5.74, 6) is 0. The number of hydrogen-bond donors (Lipinski definition) is 1. The van der Waals surface area contributed by atoms with Crippen LogP contribution < -0.4 is 5.32 Å². The fraction of sp³-hybridized carbons (Fsp3) is 1.00. The normalized spacial score (nSPS) is 35.1. The van der Waals surface area contributed by atoms with E-state index in [1.807, 2.05) is 0 Å². The molecule has 2 heterocycles. The highest BCUT2D eigenvalue weighted by atomic mass is 16.5. The van der Waals surface area contributed by atoms with Gasteiger partial charge in [-0.1, -0.05) is 0 Å². The van der Waals surface area contributed by atoms with Gasteiger partial charge in [0.1, 0.15) is 0 Å². The molecule has 0 radical (unpaired) electrons. The van der Waals surface area contributed by atoms with Gasteiger partial charge < -0.3 is 14.8 Å². The lowest BCUT2D eigenvalue weighted by atomic mass is 9.80. The van der Waals surface area contributed by atoms with Gasteiger partial charge in [0.05, 0.1) is 19.8 Å². The van der Waals surface area contributed by atoms with Crippen molar-refractivity contribution in [2.45, 2.75) is 51.1 Å². The first-order chi connectivity index (χ1) is 9.60. The molecule has 0 aromatic rings. The van der Waals surface area contributed by atoms with Gasteiger partial charge in [-0.2, -0.15) is 0 Å². The van der Waals surface area contributed by atoms with Gasteiger partial charge in [-0.15, -0.1) is 0 Å². The van der Waals surface area contributed by atoms with Crippen molar-refractivity contribution < 1.29 is 9.47 Å². The van der Waals surface area contributed by atoms with Crippen LogP contribution in [0.3, 0.4) is 0 Å². The van der Waals surface area contributed by atoms with Gasteiger partial charge in [0.2, 0.25) is 0 Å². The number of morpholine rings is 1. The Balaban J connectivity index is 1.64. The van der Waals surface area contributed by atoms with Gasteiger partial charge in [0.25, 0.3) is 0 Å². The highest BCUT2D eigenvalue weighted by Crippen LogP contribution is 2.33. The van der Waals surface area contributed by atoms with Crippen molar-refractivity contribution in [3.05, 3.63) is 0 Å². The number of hydrogen-bond acceptors (Lipinski definition) is 4. The Morgan fingerprint density at radius 2 is 1.95 bits per heavy atom. The third-order valence-electron chi connectivity index (χ3n) is 5.09. The molecular formula is C16H30N2O2. The van der Waals surface area contributed by atoms with Crippen molar-refractivity contribution in [3.8, 4) is 0 Å². The van der Waals surface area contributed by atoms with Crippen LogP contribution >= 0.6 is 0 Å². The predicted octanol–water partition coefficient (Wildman–Crippen LogP) is 1.65. The Labute approximate surface area is 123 Å². The summed E-state index contributed by atoms with van der Waals surface area (Å²) < 4.78 is 11.5. The molecular weight excluding hydrogens is 252 g/mol. The summed E-state index contributed by atoms with van der Waals surface area (Å²) >= 11 is 0. The van der Waals surface area contributed by atoms with Crippen molar-refractivity contribution >= 4 is 0 Å². The molecule has 3 fully saturated rings. The maximum Gasteiger partial charge on any atom is 0.0645 e. The van der Waals surface area contributed by atoms with Gasteiger partial charge >= 0.3 is 0 Å². The van der Waals surface area contributed by atoms with Crippen molar-refractivity contribution in [1.82, 2.24) is 10.2 Å². The molecule has 3 rings (SSSR count). The highest BCUT2D eigenvalue weighted by Gasteiger charge is 2.40. The Hall–Kier alpha value is -0.160. The van der Waals surface area contributed by atoms with Crippen molar-refractivity contribution in [3.63, 3.8) is 0 Å². The topological polar surface area (TPSA) is 33.7 Å². The zero-order chi connectivity index (χ0) is 14.1. The number of rotatable bonds is 5. The summed E-state index contributed by atoms with van der Waals surface area (Å²) in [5, 5.41) is 3.75. The first-order valence-electron chi connectivity index (χ1n) is 8.24. The third-order valence-corrected chi connectivity index (χ3v) is 5.09. The van der Waals surface area contributed by atoms with E-state index in [2.05, 4.69) is 24.1 Å². The quantitative estimate of drug-likeness (QED) is 0.831. The maximum atomic E-state index is 5.85. The van der Waals surface area contributed by atoms with E-state index in [0.717, 1.165) is 52.1 Å². The summed E-state index contributed by atoms with van der Waals surface area (Å²) in [6, 6.07) is 0.784. The number of ether oxygens (including phenoxy) is 2. The Kier molecular flexibility index (Phi) is 4.37. The van der Waals surface area contributed by atoms with Crippen LogP contribution in [0, 0.1) is 5.41 Å². The van der Waals surface area contributed by atoms with E-state index in [9.17, 15) is 0 Å². The molecule has 0 aromatic heterocycles. The summed E-state index contributed by atoms with van der Waals surface area (Å²) in [6.07, 6.45) is 5.22. The van der Waals surface area contributed by atoms with Crippen LogP contribution in [-0.2, 0) is 9.47 Å². The van der Waals surface area contributed by atoms with Gasteiger partial charge in [0, 0.05) is 43.2 Å². The molecule has 0 aromatic carbocycles. The molecule has 4 nitrogen and oxygen atoms in total. The van der Waals surface area contributed by atoms with E-state index >= 15 is 0 Å². The minimum atomic E-state index is 0.155. The fourth-order valence-corrected chi connectivity index (χ4v) is 3.47. The van der Waals surface area contributed by atoms with Crippen LogP contribution in [0.1, 0.15) is 39.5 Å². The summed E-state index contributed by atoms with van der Waals surface area (Å²) in [6.45, 7) is 11.5. The number of nitrogens with zero attached hydrogens (tertiary/aromatic N) is 1. The SMILES string of the molecule is CC1(C)COCCN1CC1(CNC2CC2)CCCOC1. The third kappa shape index (κ3) is 3.53. The predicted molar refractivity (Wildman–Crippen MR) is 80.0 cm³/mol. The zero-order valence-electron chi connectivity index (χ0n) is 13.1. The van der Waals surface area contributed by atoms with Crippen LogP contribution in [0.5, 0.6) is 0 Å².